The summed E-state index contributed by atoms with van der Waals surface area (Å²) in [5, 5.41) is 4.97. The van der Waals surface area contributed by atoms with Crippen LogP contribution in [-0.2, 0) is 5.41 Å². The highest BCUT2D eigenvalue weighted by molar-refractivity contribution is 8.01. The van der Waals surface area contributed by atoms with Crippen molar-refractivity contribution in [3.8, 4) is 16.8 Å². The maximum absolute atomic E-state index is 6.97. The molecule has 9 aromatic rings. The molecule has 7 aromatic carbocycles. The highest BCUT2D eigenvalue weighted by Crippen LogP contribution is 2.58. The van der Waals surface area contributed by atoms with Crippen molar-refractivity contribution in [2.24, 2.45) is 0 Å². The zero-order valence-corrected chi connectivity index (χ0v) is 30.9. The summed E-state index contributed by atoms with van der Waals surface area (Å²) in [5.41, 5.74) is 17.5. The van der Waals surface area contributed by atoms with E-state index in [9.17, 15) is 0 Å². The molecular weight excluding hydrogens is 669 g/mol. The normalized spacial score (nSPS) is 14.9. The highest BCUT2D eigenvalue weighted by Gasteiger charge is 2.42. The fraction of sp³-hybridized carbons (Fsp3) is 0.106. The van der Waals surface area contributed by atoms with Crippen LogP contribution in [0.4, 0.5) is 0 Å². The molecule has 0 fully saturated rings. The van der Waals surface area contributed by atoms with E-state index in [1.807, 2.05) is 23.5 Å². The molecule has 0 bridgehead atoms. The minimum absolute atomic E-state index is 0.212. The number of rotatable bonds is 1. The average Bonchev–Trinajstić information content (AvgIpc) is 3.77. The van der Waals surface area contributed by atoms with E-state index in [1.165, 1.54) is 102 Å². The maximum Gasteiger partial charge on any atom is 0.247 e. The van der Waals surface area contributed by atoms with Gasteiger partial charge < -0.3 is 8.98 Å². The molecule has 12 rings (SSSR count). The summed E-state index contributed by atoms with van der Waals surface area (Å²) in [5.74, 6) is 0. The van der Waals surface area contributed by atoms with Crippen molar-refractivity contribution in [3.05, 3.63) is 144 Å². The van der Waals surface area contributed by atoms with Crippen molar-refractivity contribution < 1.29 is 4.42 Å². The first-order valence-corrected chi connectivity index (χ1v) is 19.8. The number of benzene rings is 7. The molecule has 5 heteroatoms. The Bertz CT molecular complexity index is 3020. The Morgan fingerprint density at radius 1 is 0.635 bits per heavy atom. The summed E-state index contributed by atoms with van der Waals surface area (Å²) in [6, 6.07) is 45.6. The van der Waals surface area contributed by atoms with Gasteiger partial charge in [-0.05, 0) is 72.4 Å². The van der Waals surface area contributed by atoms with Crippen molar-refractivity contribution in [1.29, 1.82) is 0 Å². The fourth-order valence-corrected chi connectivity index (χ4v) is 12.2. The average molecular weight is 702 g/mol. The van der Waals surface area contributed by atoms with E-state index in [4.69, 9.17) is 4.42 Å². The van der Waals surface area contributed by atoms with Gasteiger partial charge in [-0.1, -0.05) is 144 Å². The van der Waals surface area contributed by atoms with Crippen LogP contribution in [0.25, 0.3) is 60.6 Å². The largest absolute Gasteiger partial charge is 0.455 e. The van der Waals surface area contributed by atoms with Crippen molar-refractivity contribution in [1.82, 2.24) is 4.57 Å². The standard InChI is InChI=1S/C47H32BNOS2/c1-25-17-19-36-32(21-25)48-33-22-26(2)18-20-37(33)52-39-24-27(23-38(51-36)44(39)48)49-34-15-9-6-12-29(34)40-43-41(28-11-5-8-14-31(28)47(43,3)4)46-42(45(40)49)30-13-7-10-16-35(30)50-46/h5-24H,1-4H3. The lowest BCUT2D eigenvalue weighted by molar-refractivity contribution is 0.658. The van der Waals surface area contributed by atoms with Gasteiger partial charge in [0.05, 0.1) is 16.4 Å². The minimum atomic E-state index is -0.212. The van der Waals surface area contributed by atoms with Gasteiger partial charge in [0, 0.05) is 52.4 Å². The van der Waals surface area contributed by atoms with E-state index >= 15 is 0 Å². The zero-order chi connectivity index (χ0) is 34.6. The van der Waals surface area contributed by atoms with Crippen molar-refractivity contribution in [2.75, 3.05) is 0 Å². The van der Waals surface area contributed by atoms with Crippen molar-refractivity contribution in [3.63, 3.8) is 0 Å². The van der Waals surface area contributed by atoms with Crippen LogP contribution in [0, 0.1) is 13.8 Å². The van der Waals surface area contributed by atoms with Gasteiger partial charge in [-0.2, -0.15) is 0 Å². The van der Waals surface area contributed by atoms with Crippen LogP contribution in [0.15, 0.2) is 145 Å². The van der Waals surface area contributed by atoms with Crippen LogP contribution in [0.3, 0.4) is 0 Å². The lowest BCUT2D eigenvalue weighted by atomic mass is 9.36. The predicted octanol–water partition coefficient (Wildman–Crippen LogP) is 11.1. The van der Waals surface area contributed by atoms with Crippen molar-refractivity contribution in [2.45, 2.75) is 52.7 Å². The van der Waals surface area contributed by atoms with E-state index in [0.717, 1.165) is 16.6 Å². The Hall–Kier alpha value is -5.10. The topological polar surface area (TPSA) is 18.1 Å². The van der Waals surface area contributed by atoms with Gasteiger partial charge in [0.25, 0.3) is 0 Å². The Labute approximate surface area is 310 Å². The van der Waals surface area contributed by atoms with Gasteiger partial charge in [-0.25, -0.2) is 0 Å². The summed E-state index contributed by atoms with van der Waals surface area (Å²) in [6.07, 6.45) is 0. The van der Waals surface area contributed by atoms with Crippen LogP contribution in [0.5, 0.6) is 0 Å². The summed E-state index contributed by atoms with van der Waals surface area (Å²) in [7, 11) is 0. The quantitative estimate of drug-likeness (QED) is 0.159. The SMILES string of the molecule is Cc1ccc2c(c1)B1c3cc(C)ccc3Sc3cc(-n4c5ccccc5c5c6c(c7oc8ccccc8c7c54)-c4ccccc4C6(C)C)cc(c31)S2. The van der Waals surface area contributed by atoms with Crippen LogP contribution < -0.4 is 16.4 Å². The third kappa shape index (κ3) is 3.65. The molecule has 3 aliphatic rings. The molecule has 0 saturated carbocycles. The van der Waals surface area contributed by atoms with E-state index < -0.39 is 0 Å². The third-order valence-electron chi connectivity index (χ3n) is 12.0. The van der Waals surface area contributed by atoms with Crippen molar-refractivity contribution >= 4 is 90.4 Å². The van der Waals surface area contributed by atoms with E-state index in [0.29, 0.717) is 0 Å². The number of furan rings is 1. The number of hydrogen-bond acceptors (Lipinski definition) is 3. The lowest BCUT2D eigenvalue weighted by Crippen LogP contribution is -2.58. The molecule has 0 saturated heterocycles. The third-order valence-corrected chi connectivity index (χ3v) is 14.3. The van der Waals surface area contributed by atoms with E-state index in [-0.39, 0.29) is 12.1 Å². The maximum atomic E-state index is 6.97. The summed E-state index contributed by atoms with van der Waals surface area (Å²) in [4.78, 5) is 5.41. The lowest BCUT2D eigenvalue weighted by Gasteiger charge is -2.34. The molecule has 0 atom stereocenters. The first kappa shape index (κ1) is 29.5. The predicted molar refractivity (Wildman–Crippen MR) is 221 cm³/mol. The molecule has 246 valence electrons. The molecule has 52 heavy (non-hydrogen) atoms. The van der Waals surface area contributed by atoms with Gasteiger partial charge in [-0.15, -0.1) is 0 Å². The van der Waals surface area contributed by atoms with Crippen LogP contribution in [-0.4, -0.2) is 11.3 Å². The van der Waals surface area contributed by atoms with E-state index in [1.54, 1.807) is 0 Å². The molecule has 0 unspecified atom stereocenters. The Balaban J connectivity index is 1.24. The zero-order valence-electron chi connectivity index (χ0n) is 29.3. The highest BCUT2D eigenvalue weighted by atomic mass is 32.2. The number of nitrogens with zero attached hydrogens (tertiary/aromatic N) is 1. The van der Waals surface area contributed by atoms with Gasteiger partial charge in [0.2, 0.25) is 6.71 Å². The molecule has 0 radical (unpaired) electrons. The summed E-state index contributed by atoms with van der Waals surface area (Å²) >= 11 is 3.87. The minimum Gasteiger partial charge on any atom is -0.455 e. The van der Waals surface area contributed by atoms with Gasteiger partial charge >= 0.3 is 0 Å². The van der Waals surface area contributed by atoms with Crippen LogP contribution in [0.2, 0.25) is 0 Å². The molecular formula is C47H32BNOS2. The molecule has 4 heterocycles. The summed E-state index contributed by atoms with van der Waals surface area (Å²) in [6.45, 7) is 9.45. The molecule has 1 aliphatic carbocycles. The monoisotopic (exact) mass is 701 g/mol. The number of aryl methyl sites for hydroxylation is 2. The van der Waals surface area contributed by atoms with Crippen LogP contribution >= 0.6 is 23.5 Å². The Kier molecular flexibility index (Phi) is 5.71. The molecule has 0 spiro atoms. The smallest absolute Gasteiger partial charge is 0.247 e. The van der Waals surface area contributed by atoms with Crippen LogP contribution in [0.1, 0.15) is 36.1 Å². The molecule has 0 amide bonds. The molecule has 2 aromatic heterocycles. The number of hydrogen-bond donors (Lipinski definition) is 0. The number of aromatic nitrogens is 1. The second-order valence-electron chi connectivity index (χ2n) is 15.4. The second kappa shape index (κ2) is 10.1. The number of fused-ring (bicyclic) bond motifs is 16. The van der Waals surface area contributed by atoms with Gasteiger partial charge in [0.15, 0.2) is 0 Å². The van der Waals surface area contributed by atoms with Gasteiger partial charge in [-0.3, -0.25) is 0 Å². The van der Waals surface area contributed by atoms with E-state index in [2.05, 4.69) is 154 Å². The van der Waals surface area contributed by atoms with Gasteiger partial charge in [0.1, 0.15) is 11.2 Å². The second-order valence-corrected chi connectivity index (χ2v) is 17.5. The Morgan fingerprint density at radius 2 is 1.27 bits per heavy atom. The molecule has 2 nitrogen and oxygen atoms in total. The first-order chi connectivity index (χ1) is 25.4. The number of para-hydroxylation sites is 2. The Morgan fingerprint density at radius 3 is 2.00 bits per heavy atom. The molecule has 0 N–H and O–H groups in total. The molecule has 2 aliphatic heterocycles. The fourth-order valence-electron chi connectivity index (χ4n) is 9.81. The first-order valence-electron chi connectivity index (χ1n) is 18.1. The summed E-state index contributed by atoms with van der Waals surface area (Å²) < 4.78 is 9.54.